The summed E-state index contributed by atoms with van der Waals surface area (Å²) in [6, 6.07) is 9.53. The summed E-state index contributed by atoms with van der Waals surface area (Å²) in [5.41, 5.74) is 0.715. The van der Waals surface area contributed by atoms with Crippen LogP contribution in [0.25, 0.3) is 6.08 Å². The molecule has 0 radical (unpaired) electrons. The van der Waals surface area contributed by atoms with Crippen LogP contribution in [0.3, 0.4) is 0 Å². The molecule has 0 spiro atoms. The zero-order valence-electron chi connectivity index (χ0n) is 15.1. The quantitative estimate of drug-likeness (QED) is 0.296. The summed E-state index contributed by atoms with van der Waals surface area (Å²) in [6.45, 7) is -0.510. The zero-order valence-corrected chi connectivity index (χ0v) is 16.7. The number of halogens is 1. The molecule has 0 aliphatic carbocycles. The van der Waals surface area contributed by atoms with Crippen LogP contribution in [0.15, 0.2) is 47.4 Å². The first-order valence-corrected chi connectivity index (χ1v) is 9.60. The Kier molecular flexibility index (Phi) is 6.43. The minimum absolute atomic E-state index is 0.0684. The number of aliphatic carboxylic acids is 1. The summed E-state index contributed by atoms with van der Waals surface area (Å²) in [6.07, 6.45) is 1.37. The van der Waals surface area contributed by atoms with Crippen LogP contribution in [0.5, 0.6) is 5.75 Å². The van der Waals surface area contributed by atoms with E-state index in [4.69, 9.17) is 22.1 Å². The third kappa shape index (κ3) is 4.99. The van der Waals surface area contributed by atoms with Crippen LogP contribution < -0.4 is 4.74 Å². The molecule has 0 atom stereocenters. The van der Waals surface area contributed by atoms with Crippen molar-refractivity contribution < 1.29 is 28.7 Å². The molecular weight excluding hydrogens is 435 g/mol. The van der Waals surface area contributed by atoms with E-state index in [-0.39, 0.29) is 32.8 Å². The number of amides is 1. The lowest BCUT2D eigenvalue weighted by Gasteiger charge is -2.11. The molecule has 2 aromatic rings. The number of thiocarbonyl (C=S) groups is 1. The van der Waals surface area contributed by atoms with Gasteiger partial charge >= 0.3 is 5.97 Å². The molecule has 1 aliphatic heterocycles. The number of thioether (sulfide) groups is 1. The minimum atomic E-state index is -1.22. The molecule has 11 heteroatoms. The van der Waals surface area contributed by atoms with E-state index in [1.807, 2.05) is 0 Å². The van der Waals surface area contributed by atoms with E-state index < -0.39 is 29.2 Å². The van der Waals surface area contributed by atoms with Crippen molar-refractivity contribution in [3.63, 3.8) is 0 Å². The molecule has 0 unspecified atom stereocenters. The maximum absolute atomic E-state index is 13.0. The largest absolute Gasteiger partial charge is 0.488 e. The van der Waals surface area contributed by atoms with Crippen LogP contribution in [0.1, 0.15) is 11.1 Å². The number of carbonyl (C=O) groups is 2. The maximum Gasteiger partial charge on any atom is 0.323 e. The van der Waals surface area contributed by atoms with E-state index in [9.17, 15) is 24.1 Å². The highest BCUT2D eigenvalue weighted by atomic mass is 32.2. The highest BCUT2D eigenvalue weighted by molar-refractivity contribution is 8.26. The summed E-state index contributed by atoms with van der Waals surface area (Å²) >= 11 is 5.94. The molecule has 8 nitrogen and oxygen atoms in total. The van der Waals surface area contributed by atoms with Gasteiger partial charge in [0.15, 0.2) is 0 Å². The summed E-state index contributed by atoms with van der Waals surface area (Å²) in [5.74, 6) is -1.96. The first kappa shape index (κ1) is 21.4. The van der Waals surface area contributed by atoms with Gasteiger partial charge in [-0.15, -0.1) is 0 Å². The topological polar surface area (TPSA) is 110 Å². The maximum atomic E-state index is 13.0. The van der Waals surface area contributed by atoms with Crippen molar-refractivity contribution in [1.82, 2.24) is 4.90 Å². The fraction of sp³-hybridized carbons (Fsp3) is 0.105. The molecular formula is C19H13FN2O6S2. The summed E-state index contributed by atoms with van der Waals surface area (Å²) < 4.78 is 18.8. The molecule has 1 aliphatic rings. The standard InChI is InChI=1S/C19H13FN2O6S2/c20-13-3-1-11(2-4-13)10-28-15-6-5-14(22(26)27)7-12(15)8-16-18(25)21(9-17(23)24)19(29)30-16/h1-8H,9-10H2,(H,23,24)/b16-8+. The number of hydrogen-bond donors (Lipinski definition) is 1. The number of ether oxygens (including phenoxy) is 1. The fourth-order valence-electron chi connectivity index (χ4n) is 2.55. The molecule has 1 saturated heterocycles. The van der Waals surface area contributed by atoms with Crippen LogP contribution in [0.2, 0.25) is 0 Å². The van der Waals surface area contributed by atoms with E-state index in [1.165, 1.54) is 48.5 Å². The molecule has 1 N–H and O–H groups in total. The highest BCUT2D eigenvalue weighted by Gasteiger charge is 2.33. The van der Waals surface area contributed by atoms with Gasteiger partial charge in [-0.2, -0.15) is 0 Å². The number of nitro groups is 1. The van der Waals surface area contributed by atoms with Crippen LogP contribution >= 0.6 is 24.0 Å². The van der Waals surface area contributed by atoms with Crippen molar-refractivity contribution in [2.45, 2.75) is 6.61 Å². The van der Waals surface area contributed by atoms with Gasteiger partial charge in [0.25, 0.3) is 11.6 Å². The first-order valence-electron chi connectivity index (χ1n) is 8.37. The fourth-order valence-corrected chi connectivity index (χ4v) is 3.79. The van der Waals surface area contributed by atoms with Gasteiger partial charge in [-0.1, -0.05) is 36.1 Å². The van der Waals surface area contributed by atoms with Crippen LogP contribution in [-0.2, 0) is 16.2 Å². The molecule has 0 saturated carbocycles. The number of non-ortho nitro benzene ring substituents is 1. The third-order valence-electron chi connectivity index (χ3n) is 3.97. The van der Waals surface area contributed by atoms with Crippen molar-refractivity contribution in [3.8, 4) is 5.75 Å². The summed E-state index contributed by atoms with van der Waals surface area (Å²) in [4.78, 5) is 35.0. The zero-order chi connectivity index (χ0) is 21.8. The lowest BCUT2D eigenvalue weighted by molar-refractivity contribution is -0.384. The van der Waals surface area contributed by atoms with Gasteiger partial charge < -0.3 is 9.84 Å². The summed E-state index contributed by atoms with van der Waals surface area (Å²) in [5, 5.41) is 20.1. The molecule has 2 aromatic carbocycles. The molecule has 154 valence electrons. The average molecular weight is 448 g/mol. The Morgan fingerprint density at radius 3 is 2.63 bits per heavy atom. The van der Waals surface area contributed by atoms with Crippen molar-refractivity contribution >= 4 is 51.9 Å². The number of benzene rings is 2. The van der Waals surface area contributed by atoms with E-state index in [0.29, 0.717) is 5.56 Å². The second kappa shape index (κ2) is 9.01. The van der Waals surface area contributed by atoms with Gasteiger partial charge in [-0.25, -0.2) is 4.39 Å². The molecule has 3 rings (SSSR count). The number of carboxylic acids is 1. The second-order valence-electron chi connectivity index (χ2n) is 6.06. The van der Waals surface area contributed by atoms with E-state index in [1.54, 1.807) is 0 Å². The normalized spacial score (nSPS) is 15.0. The average Bonchev–Trinajstić information content (AvgIpc) is 2.95. The SMILES string of the molecule is O=C(O)CN1C(=O)/C(=C\c2cc([N+](=O)[O-])ccc2OCc2ccc(F)cc2)SC1=S. The Morgan fingerprint density at radius 2 is 2.00 bits per heavy atom. The van der Waals surface area contributed by atoms with Crippen LogP contribution in [-0.4, -0.2) is 37.7 Å². The number of rotatable bonds is 7. The first-order chi connectivity index (χ1) is 14.2. The van der Waals surface area contributed by atoms with Gasteiger partial charge in [-0.3, -0.25) is 24.6 Å². The molecule has 30 heavy (non-hydrogen) atoms. The number of carbonyl (C=O) groups excluding carboxylic acids is 1. The van der Waals surface area contributed by atoms with Gasteiger partial charge in [-0.05, 0) is 29.8 Å². The lowest BCUT2D eigenvalue weighted by Crippen LogP contribution is -2.33. The van der Waals surface area contributed by atoms with Crippen LogP contribution in [0.4, 0.5) is 10.1 Å². The molecule has 1 amide bonds. The Bertz CT molecular complexity index is 1070. The van der Waals surface area contributed by atoms with Gasteiger partial charge in [0.2, 0.25) is 0 Å². The number of nitrogens with zero attached hydrogens (tertiary/aromatic N) is 2. The van der Waals surface area contributed by atoms with Gasteiger partial charge in [0, 0.05) is 17.7 Å². The highest BCUT2D eigenvalue weighted by Crippen LogP contribution is 2.35. The van der Waals surface area contributed by atoms with Crippen molar-refractivity contribution in [2.75, 3.05) is 6.54 Å². The van der Waals surface area contributed by atoms with Gasteiger partial charge in [0.1, 0.15) is 29.0 Å². The molecule has 1 heterocycles. The monoisotopic (exact) mass is 448 g/mol. The summed E-state index contributed by atoms with van der Waals surface area (Å²) in [7, 11) is 0. The van der Waals surface area contributed by atoms with Crippen molar-refractivity contribution in [2.24, 2.45) is 0 Å². The van der Waals surface area contributed by atoms with Crippen molar-refractivity contribution in [1.29, 1.82) is 0 Å². The van der Waals surface area contributed by atoms with Gasteiger partial charge in [0.05, 0.1) is 9.83 Å². The molecule has 1 fully saturated rings. The third-order valence-corrected chi connectivity index (χ3v) is 5.34. The van der Waals surface area contributed by atoms with Crippen molar-refractivity contribution in [3.05, 3.63) is 74.4 Å². The Hall–Kier alpha value is -3.31. The predicted octanol–water partition coefficient (Wildman–Crippen LogP) is 3.60. The van der Waals surface area contributed by atoms with E-state index in [2.05, 4.69) is 0 Å². The number of nitro benzene ring substituents is 1. The lowest BCUT2D eigenvalue weighted by atomic mass is 10.1. The Morgan fingerprint density at radius 1 is 1.30 bits per heavy atom. The molecule has 0 aromatic heterocycles. The van der Waals surface area contributed by atoms with E-state index >= 15 is 0 Å². The number of carboxylic acid groups (broad SMARTS) is 1. The number of hydrogen-bond acceptors (Lipinski definition) is 7. The van der Waals surface area contributed by atoms with Crippen LogP contribution in [0, 0.1) is 15.9 Å². The minimum Gasteiger partial charge on any atom is -0.488 e. The predicted molar refractivity (Wildman–Crippen MR) is 111 cm³/mol. The van der Waals surface area contributed by atoms with E-state index in [0.717, 1.165) is 16.7 Å². The molecule has 0 bridgehead atoms. The Labute approximate surface area is 179 Å². The Balaban J connectivity index is 1.90. The second-order valence-corrected chi connectivity index (χ2v) is 7.73. The smallest absolute Gasteiger partial charge is 0.323 e.